The number of phenolic OH excluding ortho intramolecular Hbond substituents is 1. The van der Waals surface area contributed by atoms with Gasteiger partial charge >= 0.3 is 0 Å². The van der Waals surface area contributed by atoms with Crippen molar-refractivity contribution in [3.05, 3.63) is 54.2 Å². The number of rotatable bonds is 7. The monoisotopic (exact) mass is 407 g/mol. The maximum Gasteiger partial charge on any atom is 0.228 e. The summed E-state index contributed by atoms with van der Waals surface area (Å²) < 4.78 is 0. The fourth-order valence-corrected chi connectivity index (χ4v) is 4.92. The van der Waals surface area contributed by atoms with Crippen molar-refractivity contribution in [2.45, 2.75) is 50.9 Å². The molecule has 1 aliphatic carbocycles. The molecular formula is C25H33N3O2. The molecule has 1 aromatic carbocycles. The Hall–Kier alpha value is -2.40. The van der Waals surface area contributed by atoms with Crippen LogP contribution in [0, 0.1) is 5.92 Å². The number of likely N-dealkylation sites (tertiary alicyclic amines) is 1. The highest BCUT2D eigenvalue weighted by Gasteiger charge is 2.26. The summed E-state index contributed by atoms with van der Waals surface area (Å²) >= 11 is 0. The molecular weight excluding hydrogens is 374 g/mol. The number of hydrogen-bond acceptors (Lipinski definition) is 4. The van der Waals surface area contributed by atoms with Gasteiger partial charge in [-0.25, -0.2) is 4.98 Å². The van der Waals surface area contributed by atoms with E-state index in [9.17, 15) is 9.90 Å². The first kappa shape index (κ1) is 20.9. The van der Waals surface area contributed by atoms with Gasteiger partial charge in [-0.3, -0.25) is 9.69 Å². The van der Waals surface area contributed by atoms with Crippen molar-refractivity contribution in [1.29, 1.82) is 0 Å². The molecule has 1 saturated heterocycles. The predicted molar refractivity (Wildman–Crippen MR) is 120 cm³/mol. The van der Waals surface area contributed by atoms with Gasteiger partial charge in [-0.2, -0.15) is 0 Å². The van der Waals surface area contributed by atoms with Gasteiger partial charge in [-0.05, 0) is 67.5 Å². The van der Waals surface area contributed by atoms with Crippen molar-refractivity contribution in [3.63, 3.8) is 0 Å². The Morgan fingerprint density at radius 3 is 2.60 bits per heavy atom. The van der Waals surface area contributed by atoms with Crippen LogP contribution in [-0.4, -0.2) is 47.1 Å². The highest BCUT2D eigenvalue weighted by molar-refractivity contribution is 5.92. The van der Waals surface area contributed by atoms with Gasteiger partial charge in [0.15, 0.2) is 0 Å². The molecule has 1 unspecified atom stereocenters. The van der Waals surface area contributed by atoms with Gasteiger partial charge in [0, 0.05) is 32.3 Å². The Bertz CT molecular complexity index is 803. The van der Waals surface area contributed by atoms with E-state index >= 15 is 0 Å². The lowest BCUT2D eigenvalue weighted by Crippen LogP contribution is -2.39. The summed E-state index contributed by atoms with van der Waals surface area (Å²) in [6.45, 7) is 3.59. The van der Waals surface area contributed by atoms with Crippen molar-refractivity contribution in [2.75, 3.05) is 31.1 Å². The second kappa shape index (κ2) is 10.1. The van der Waals surface area contributed by atoms with Crippen molar-refractivity contribution in [2.24, 2.45) is 5.92 Å². The van der Waals surface area contributed by atoms with E-state index in [1.807, 2.05) is 35.2 Å². The predicted octanol–water partition coefficient (Wildman–Crippen LogP) is 4.58. The third kappa shape index (κ3) is 5.39. The molecule has 2 aromatic rings. The topological polar surface area (TPSA) is 56.7 Å². The third-order valence-corrected chi connectivity index (χ3v) is 6.69. The minimum Gasteiger partial charge on any atom is -0.508 e. The average molecular weight is 408 g/mol. The molecule has 30 heavy (non-hydrogen) atoms. The summed E-state index contributed by atoms with van der Waals surface area (Å²) in [4.78, 5) is 22.0. The molecule has 4 rings (SSSR count). The van der Waals surface area contributed by atoms with E-state index in [2.05, 4.69) is 9.88 Å². The molecule has 5 nitrogen and oxygen atoms in total. The lowest BCUT2D eigenvalue weighted by Gasteiger charge is -2.28. The number of pyridine rings is 1. The number of benzene rings is 1. The van der Waals surface area contributed by atoms with Crippen LogP contribution in [0.5, 0.6) is 5.75 Å². The van der Waals surface area contributed by atoms with Crippen LogP contribution in [0.1, 0.15) is 56.4 Å². The maximum atomic E-state index is 13.2. The van der Waals surface area contributed by atoms with E-state index in [1.165, 1.54) is 37.7 Å². The molecule has 1 atom stereocenters. The molecule has 5 heteroatoms. The standard InChI is InChI=1S/C25H33N3O2/c29-23-11-9-21(10-12-23)22-13-15-27(19-22)16-17-28(24-8-4-5-14-26-24)25(30)18-20-6-2-1-3-7-20/h4-5,8-12,14,20,22,29H,1-3,6-7,13,15-19H2. The summed E-state index contributed by atoms with van der Waals surface area (Å²) in [5.74, 6) is 2.33. The first-order chi connectivity index (χ1) is 14.7. The van der Waals surface area contributed by atoms with Crippen LogP contribution in [0.2, 0.25) is 0 Å². The Labute approximate surface area is 179 Å². The van der Waals surface area contributed by atoms with E-state index < -0.39 is 0 Å². The number of amides is 1. The molecule has 1 aromatic heterocycles. The molecule has 1 aliphatic heterocycles. The van der Waals surface area contributed by atoms with Crippen LogP contribution in [-0.2, 0) is 4.79 Å². The average Bonchev–Trinajstić information content (AvgIpc) is 3.25. The van der Waals surface area contributed by atoms with Gasteiger partial charge in [0.1, 0.15) is 11.6 Å². The minimum atomic E-state index is 0.217. The Kier molecular flexibility index (Phi) is 7.00. The van der Waals surface area contributed by atoms with E-state index in [1.54, 1.807) is 18.3 Å². The molecule has 0 bridgehead atoms. The van der Waals surface area contributed by atoms with Gasteiger partial charge < -0.3 is 10.0 Å². The van der Waals surface area contributed by atoms with Crippen molar-refractivity contribution >= 4 is 11.7 Å². The van der Waals surface area contributed by atoms with Crippen LogP contribution in [0.15, 0.2) is 48.7 Å². The normalized spacial score (nSPS) is 20.3. The van der Waals surface area contributed by atoms with E-state index in [4.69, 9.17) is 0 Å². The summed E-state index contributed by atoms with van der Waals surface area (Å²) in [6, 6.07) is 13.4. The van der Waals surface area contributed by atoms with Crippen LogP contribution in [0.3, 0.4) is 0 Å². The highest BCUT2D eigenvalue weighted by atomic mass is 16.3. The molecule has 1 saturated carbocycles. The zero-order valence-electron chi connectivity index (χ0n) is 17.7. The minimum absolute atomic E-state index is 0.217. The van der Waals surface area contributed by atoms with Crippen molar-refractivity contribution in [3.8, 4) is 5.75 Å². The quantitative estimate of drug-likeness (QED) is 0.730. The number of carbonyl (C=O) groups excluding carboxylic acids is 1. The first-order valence-electron chi connectivity index (χ1n) is 11.4. The molecule has 160 valence electrons. The van der Waals surface area contributed by atoms with E-state index in [0.717, 1.165) is 31.9 Å². The Balaban J connectivity index is 1.36. The summed E-state index contributed by atoms with van der Waals surface area (Å²) in [7, 11) is 0. The lowest BCUT2D eigenvalue weighted by molar-refractivity contribution is -0.119. The molecule has 2 fully saturated rings. The number of aromatic hydroxyl groups is 1. The Morgan fingerprint density at radius 2 is 1.87 bits per heavy atom. The summed E-state index contributed by atoms with van der Waals surface area (Å²) in [5, 5.41) is 9.52. The number of anilines is 1. The van der Waals surface area contributed by atoms with E-state index in [-0.39, 0.29) is 5.91 Å². The first-order valence-corrected chi connectivity index (χ1v) is 11.4. The molecule has 2 heterocycles. The largest absolute Gasteiger partial charge is 0.508 e. The number of hydrogen-bond donors (Lipinski definition) is 1. The fourth-order valence-electron chi connectivity index (χ4n) is 4.92. The van der Waals surface area contributed by atoms with Gasteiger partial charge in [-0.15, -0.1) is 0 Å². The third-order valence-electron chi connectivity index (χ3n) is 6.69. The molecule has 1 N–H and O–H groups in total. The van der Waals surface area contributed by atoms with Crippen LogP contribution < -0.4 is 4.90 Å². The lowest BCUT2D eigenvalue weighted by atomic mass is 9.86. The van der Waals surface area contributed by atoms with Crippen molar-refractivity contribution < 1.29 is 9.90 Å². The van der Waals surface area contributed by atoms with E-state index in [0.29, 0.717) is 30.6 Å². The second-order valence-corrected chi connectivity index (χ2v) is 8.82. The van der Waals surface area contributed by atoms with Gasteiger partial charge in [-0.1, -0.05) is 37.5 Å². The molecule has 2 aliphatic rings. The zero-order chi connectivity index (χ0) is 20.8. The Morgan fingerprint density at radius 1 is 1.07 bits per heavy atom. The maximum absolute atomic E-state index is 13.2. The van der Waals surface area contributed by atoms with Gasteiger partial charge in [0.05, 0.1) is 0 Å². The molecule has 0 spiro atoms. The van der Waals surface area contributed by atoms with Crippen LogP contribution in [0.4, 0.5) is 5.82 Å². The SMILES string of the molecule is O=C(CC1CCCCC1)N(CCN1CCC(c2ccc(O)cc2)C1)c1ccccn1. The number of carbonyl (C=O) groups is 1. The number of aromatic nitrogens is 1. The molecule has 1 amide bonds. The van der Waals surface area contributed by atoms with Gasteiger partial charge in [0.25, 0.3) is 0 Å². The number of phenols is 1. The summed E-state index contributed by atoms with van der Waals surface area (Å²) in [6.07, 6.45) is 9.72. The smallest absolute Gasteiger partial charge is 0.228 e. The molecule has 0 radical (unpaired) electrons. The highest BCUT2D eigenvalue weighted by Crippen LogP contribution is 2.29. The second-order valence-electron chi connectivity index (χ2n) is 8.82. The van der Waals surface area contributed by atoms with Gasteiger partial charge in [0.2, 0.25) is 5.91 Å². The fraction of sp³-hybridized carbons (Fsp3) is 0.520. The van der Waals surface area contributed by atoms with Crippen LogP contribution in [0.25, 0.3) is 0 Å². The zero-order valence-corrected chi connectivity index (χ0v) is 17.7. The van der Waals surface area contributed by atoms with Crippen LogP contribution >= 0.6 is 0 Å². The number of nitrogens with zero attached hydrogens (tertiary/aromatic N) is 3. The summed E-state index contributed by atoms with van der Waals surface area (Å²) in [5.41, 5.74) is 1.28. The van der Waals surface area contributed by atoms with Crippen molar-refractivity contribution in [1.82, 2.24) is 9.88 Å².